The molecule has 23 heavy (non-hydrogen) atoms. The summed E-state index contributed by atoms with van der Waals surface area (Å²) in [6, 6.07) is 10.1. The molecule has 1 saturated heterocycles. The Morgan fingerprint density at radius 2 is 1.70 bits per heavy atom. The number of para-hydroxylation sites is 2. The molecular weight excluding hydrogens is 290 g/mol. The van der Waals surface area contributed by atoms with E-state index in [2.05, 4.69) is 25.8 Å². The molecule has 3 rings (SSSR count). The summed E-state index contributed by atoms with van der Waals surface area (Å²) in [6.45, 7) is 3.65. The molecule has 1 aliphatic heterocycles. The van der Waals surface area contributed by atoms with Crippen LogP contribution in [0.25, 0.3) is 0 Å². The first-order valence-electron chi connectivity index (χ1n) is 7.82. The van der Waals surface area contributed by atoms with E-state index in [1.165, 1.54) is 0 Å². The fourth-order valence-electron chi connectivity index (χ4n) is 2.78. The van der Waals surface area contributed by atoms with Crippen molar-refractivity contribution < 1.29 is 4.74 Å². The van der Waals surface area contributed by atoms with Crippen LogP contribution in [0.15, 0.2) is 36.5 Å². The van der Waals surface area contributed by atoms with Gasteiger partial charge in [0.05, 0.1) is 12.8 Å². The standard InChI is InChI=1S/C17H23N5O/c1-20(2)16-8-9-18-17(19-16)22-12-10-21(11-13-22)14-6-4-5-7-15(14)23-3/h4-9H,10-13H2,1-3H3. The number of piperazine rings is 1. The van der Waals surface area contributed by atoms with Crippen LogP contribution >= 0.6 is 0 Å². The molecule has 1 aromatic heterocycles. The summed E-state index contributed by atoms with van der Waals surface area (Å²) in [5.41, 5.74) is 1.15. The number of methoxy groups -OCH3 is 1. The van der Waals surface area contributed by atoms with Crippen molar-refractivity contribution in [2.75, 3.05) is 62.1 Å². The van der Waals surface area contributed by atoms with E-state index in [0.717, 1.165) is 49.4 Å². The van der Waals surface area contributed by atoms with E-state index in [1.54, 1.807) is 7.11 Å². The molecule has 0 spiro atoms. The van der Waals surface area contributed by atoms with Crippen LogP contribution in [0.1, 0.15) is 0 Å². The highest BCUT2D eigenvalue weighted by atomic mass is 16.5. The van der Waals surface area contributed by atoms with Gasteiger partial charge in [-0.15, -0.1) is 0 Å². The van der Waals surface area contributed by atoms with E-state index in [1.807, 2.05) is 49.5 Å². The number of aromatic nitrogens is 2. The number of rotatable bonds is 4. The van der Waals surface area contributed by atoms with Gasteiger partial charge in [-0.3, -0.25) is 0 Å². The van der Waals surface area contributed by atoms with Crippen molar-refractivity contribution in [3.8, 4) is 5.75 Å². The summed E-state index contributed by atoms with van der Waals surface area (Å²) < 4.78 is 5.47. The van der Waals surface area contributed by atoms with Gasteiger partial charge in [0.25, 0.3) is 0 Å². The quantitative estimate of drug-likeness (QED) is 0.859. The van der Waals surface area contributed by atoms with Gasteiger partial charge in [-0.25, -0.2) is 4.98 Å². The second kappa shape index (κ2) is 6.73. The van der Waals surface area contributed by atoms with E-state index in [4.69, 9.17) is 4.74 Å². The Bertz CT molecular complexity index is 653. The molecule has 0 radical (unpaired) electrons. The third kappa shape index (κ3) is 3.31. The predicted octanol–water partition coefficient (Wildman–Crippen LogP) is 1.88. The van der Waals surface area contributed by atoms with Crippen molar-refractivity contribution in [1.82, 2.24) is 9.97 Å². The minimum atomic E-state index is 0.802. The maximum Gasteiger partial charge on any atom is 0.227 e. The lowest BCUT2D eigenvalue weighted by molar-refractivity contribution is 0.413. The van der Waals surface area contributed by atoms with Gasteiger partial charge in [-0.1, -0.05) is 12.1 Å². The molecule has 1 aliphatic rings. The monoisotopic (exact) mass is 313 g/mol. The molecule has 0 atom stereocenters. The molecule has 0 N–H and O–H groups in total. The van der Waals surface area contributed by atoms with Crippen LogP contribution in [0.3, 0.4) is 0 Å². The molecule has 0 amide bonds. The molecule has 2 heterocycles. The minimum Gasteiger partial charge on any atom is -0.495 e. The van der Waals surface area contributed by atoms with Crippen molar-refractivity contribution >= 4 is 17.5 Å². The first-order valence-corrected chi connectivity index (χ1v) is 7.82. The predicted molar refractivity (Wildman–Crippen MR) is 93.8 cm³/mol. The molecule has 0 aliphatic carbocycles. The van der Waals surface area contributed by atoms with E-state index in [0.29, 0.717) is 0 Å². The normalized spacial score (nSPS) is 14.7. The van der Waals surface area contributed by atoms with Gasteiger partial charge in [-0.2, -0.15) is 4.98 Å². The summed E-state index contributed by atoms with van der Waals surface area (Å²) in [7, 11) is 5.70. The number of hydrogen-bond acceptors (Lipinski definition) is 6. The van der Waals surface area contributed by atoms with Gasteiger partial charge in [-0.05, 0) is 18.2 Å². The van der Waals surface area contributed by atoms with Crippen LogP contribution in [0.4, 0.5) is 17.5 Å². The van der Waals surface area contributed by atoms with E-state index >= 15 is 0 Å². The number of nitrogens with zero attached hydrogens (tertiary/aromatic N) is 5. The van der Waals surface area contributed by atoms with Gasteiger partial charge in [0.2, 0.25) is 5.95 Å². The second-order valence-electron chi connectivity index (χ2n) is 5.76. The Labute approximate surface area is 137 Å². The van der Waals surface area contributed by atoms with Crippen LogP contribution in [0, 0.1) is 0 Å². The highest BCUT2D eigenvalue weighted by molar-refractivity contribution is 5.59. The number of ether oxygens (including phenoxy) is 1. The Balaban J connectivity index is 1.70. The average molecular weight is 313 g/mol. The summed E-state index contributed by atoms with van der Waals surface area (Å²) in [5.74, 6) is 2.66. The van der Waals surface area contributed by atoms with Crippen LogP contribution < -0.4 is 19.4 Å². The van der Waals surface area contributed by atoms with Crippen molar-refractivity contribution in [3.63, 3.8) is 0 Å². The Morgan fingerprint density at radius 1 is 1.00 bits per heavy atom. The molecule has 0 bridgehead atoms. The lowest BCUT2D eigenvalue weighted by atomic mass is 10.2. The second-order valence-corrected chi connectivity index (χ2v) is 5.76. The lowest BCUT2D eigenvalue weighted by Crippen LogP contribution is -2.47. The van der Waals surface area contributed by atoms with E-state index < -0.39 is 0 Å². The van der Waals surface area contributed by atoms with Gasteiger partial charge in [0.15, 0.2) is 0 Å². The zero-order chi connectivity index (χ0) is 16.2. The molecule has 6 heteroatoms. The number of hydrogen-bond donors (Lipinski definition) is 0. The molecular formula is C17H23N5O. The van der Waals surface area contributed by atoms with Gasteiger partial charge in [0.1, 0.15) is 11.6 Å². The lowest BCUT2D eigenvalue weighted by Gasteiger charge is -2.36. The summed E-state index contributed by atoms with van der Waals surface area (Å²) in [6.07, 6.45) is 1.82. The zero-order valence-corrected chi connectivity index (χ0v) is 13.9. The Kier molecular flexibility index (Phi) is 4.50. The summed E-state index contributed by atoms with van der Waals surface area (Å²) >= 11 is 0. The molecule has 122 valence electrons. The summed E-state index contributed by atoms with van der Waals surface area (Å²) in [4.78, 5) is 15.6. The van der Waals surface area contributed by atoms with Crippen LogP contribution in [0.5, 0.6) is 5.75 Å². The molecule has 0 saturated carbocycles. The third-order valence-electron chi connectivity index (χ3n) is 4.07. The van der Waals surface area contributed by atoms with Crippen LogP contribution in [-0.2, 0) is 0 Å². The van der Waals surface area contributed by atoms with Gasteiger partial charge >= 0.3 is 0 Å². The van der Waals surface area contributed by atoms with Crippen molar-refractivity contribution in [1.29, 1.82) is 0 Å². The summed E-state index contributed by atoms with van der Waals surface area (Å²) in [5, 5.41) is 0. The van der Waals surface area contributed by atoms with E-state index in [-0.39, 0.29) is 0 Å². The van der Waals surface area contributed by atoms with Crippen molar-refractivity contribution in [2.45, 2.75) is 0 Å². The van der Waals surface area contributed by atoms with Crippen LogP contribution in [0.2, 0.25) is 0 Å². The van der Waals surface area contributed by atoms with Gasteiger partial charge < -0.3 is 19.4 Å². The van der Waals surface area contributed by atoms with Gasteiger partial charge in [0, 0.05) is 46.5 Å². The smallest absolute Gasteiger partial charge is 0.227 e. The number of anilines is 3. The van der Waals surface area contributed by atoms with Crippen molar-refractivity contribution in [3.05, 3.63) is 36.5 Å². The molecule has 1 aromatic carbocycles. The van der Waals surface area contributed by atoms with Crippen molar-refractivity contribution in [2.24, 2.45) is 0 Å². The minimum absolute atomic E-state index is 0.802. The molecule has 2 aromatic rings. The molecule has 6 nitrogen and oxygen atoms in total. The Hall–Kier alpha value is -2.50. The third-order valence-corrected chi connectivity index (χ3v) is 4.07. The maximum absolute atomic E-state index is 5.47. The Morgan fingerprint density at radius 3 is 2.39 bits per heavy atom. The van der Waals surface area contributed by atoms with E-state index in [9.17, 15) is 0 Å². The first-order chi connectivity index (χ1) is 11.2. The largest absolute Gasteiger partial charge is 0.495 e. The first kappa shape index (κ1) is 15.4. The molecule has 0 unspecified atom stereocenters. The topological polar surface area (TPSA) is 44.7 Å². The fraction of sp³-hybridized carbons (Fsp3) is 0.412. The van der Waals surface area contributed by atoms with Crippen LogP contribution in [-0.4, -0.2) is 57.4 Å². The molecule has 1 fully saturated rings. The highest BCUT2D eigenvalue weighted by Gasteiger charge is 2.21. The average Bonchev–Trinajstić information content (AvgIpc) is 2.62. The fourth-order valence-corrected chi connectivity index (χ4v) is 2.78. The number of benzene rings is 1. The SMILES string of the molecule is COc1ccccc1N1CCN(c2nccc(N(C)C)n2)CC1. The zero-order valence-electron chi connectivity index (χ0n) is 13.9. The highest BCUT2D eigenvalue weighted by Crippen LogP contribution is 2.28. The maximum atomic E-state index is 5.47.